The third-order valence-electron chi connectivity index (χ3n) is 2.51. The second-order valence-electron chi connectivity index (χ2n) is 4.18. The van der Waals surface area contributed by atoms with Crippen LogP contribution in [0, 0.1) is 0 Å². The predicted octanol–water partition coefficient (Wildman–Crippen LogP) is 0.580. The molecule has 4 nitrogen and oxygen atoms in total. The van der Waals surface area contributed by atoms with E-state index >= 15 is 0 Å². The maximum atomic E-state index is 10.8. The highest BCUT2D eigenvalue weighted by molar-refractivity contribution is 7.90. The zero-order chi connectivity index (χ0) is 11.1. The van der Waals surface area contributed by atoms with Gasteiger partial charge < -0.3 is 10.1 Å². The molecule has 90 valence electrons. The molecule has 1 N–H and O–H groups in total. The first-order chi connectivity index (χ1) is 7.08. The van der Waals surface area contributed by atoms with Crippen LogP contribution in [0.3, 0.4) is 0 Å². The van der Waals surface area contributed by atoms with Crippen molar-refractivity contribution in [3.05, 3.63) is 0 Å². The van der Waals surface area contributed by atoms with Crippen molar-refractivity contribution < 1.29 is 13.2 Å². The van der Waals surface area contributed by atoms with Gasteiger partial charge in [0.1, 0.15) is 9.84 Å². The normalized spacial score (nSPS) is 22.9. The summed E-state index contributed by atoms with van der Waals surface area (Å²) in [5.41, 5.74) is 0. The van der Waals surface area contributed by atoms with Gasteiger partial charge in [-0.3, -0.25) is 0 Å². The van der Waals surface area contributed by atoms with Crippen LogP contribution in [0.25, 0.3) is 0 Å². The van der Waals surface area contributed by atoms with Crippen LogP contribution in [-0.2, 0) is 14.6 Å². The summed E-state index contributed by atoms with van der Waals surface area (Å²) in [5, 5.41) is 3.24. The van der Waals surface area contributed by atoms with E-state index in [-0.39, 0.29) is 5.75 Å². The number of nitrogens with one attached hydrogen (secondary N) is 1. The summed E-state index contributed by atoms with van der Waals surface area (Å²) >= 11 is 0. The summed E-state index contributed by atoms with van der Waals surface area (Å²) in [7, 11) is -2.80. The lowest BCUT2D eigenvalue weighted by Crippen LogP contribution is -2.32. The molecule has 0 aliphatic carbocycles. The Morgan fingerprint density at radius 2 is 2.20 bits per heavy atom. The lowest BCUT2D eigenvalue weighted by Gasteiger charge is -2.22. The van der Waals surface area contributed by atoms with Crippen LogP contribution in [0.4, 0.5) is 0 Å². The van der Waals surface area contributed by atoms with E-state index in [1.807, 2.05) is 0 Å². The van der Waals surface area contributed by atoms with Gasteiger partial charge in [-0.15, -0.1) is 0 Å². The van der Waals surface area contributed by atoms with Crippen LogP contribution < -0.4 is 5.32 Å². The molecule has 1 saturated heterocycles. The van der Waals surface area contributed by atoms with Crippen LogP contribution >= 0.6 is 0 Å². The minimum absolute atomic E-state index is 0.269. The summed E-state index contributed by atoms with van der Waals surface area (Å²) in [5.74, 6) is 0.269. The van der Waals surface area contributed by atoms with Crippen LogP contribution in [0.15, 0.2) is 0 Å². The van der Waals surface area contributed by atoms with Crippen LogP contribution in [0.5, 0.6) is 0 Å². The highest BCUT2D eigenvalue weighted by Crippen LogP contribution is 2.11. The fourth-order valence-corrected chi connectivity index (χ4v) is 2.36. The molecule has 0 amide bonds. The van der Waals surface area contributed by atoms with Gasteiger partial charge in [0.2, 0.25) is 0 Å². The molecule has 0 saturated carbocycles. The summed E-state index contributed by atoms with van der Waals surface area (Å²) in [6.07, 6.45) is 5.83. The van der Waals surface area contributed by atoms with Crippen molar-refractivity contribution >= 4 is 9.84 Å². The van der Waals surface area contributed by atoms with Crippen molar-refractivity contribution in [2.24, 2.45) is 0 Å². The number of ether oxygens (including phenoxy) is 1. The summed E-state index contributed by atoms with van der Waals surface area (Å²) in [6.45, 7) is 2.48. The Hall–Kier alpha value is -0.130. The van der Waals surface area contributed by atoms with Crippen LogP contribution in [0.1, 0.15) is 25.7 Å². The van der Waals surface area contributed by atoms with Crippen LogP contribution in [-0.4, -0.2) is 46.2 Å². The molecule has 1 rings (SSSR count). The van der Waals surface area contributed by atoms with Gasteiger partial charge in [0.25, 0.3) is 0 Å². The first-order valence-corrected chi connectivity index (χ1v) is 7.64. The molecule has 0 bridgehead atoms. The fourth-order valence-electron chi connectivity index (χ4n) is 1.69. The first-order valence-electron chi connectivity index (χ1n) is 5.58. The Morgan fingerprint density at radius 1 is 1.40 bits per heavy atom. The molecule has 0 spiro atoms. The maximum Gasteiger partial charge on any atom is 0.147 e. The Kier molecular flexibility index (Phi) is 5.56. The second-order valence-corrected chi connectivity index (χ2v) is 6.44. The highest BCUT2D eigenvalue weighted by Gasteiger charge is 2.12. The van der Waals surface area contributed by atoms with Crippen molar-refractivity contribution in [2.45, 2.75) is 31.8 Å². The smallest absolute Gasteiger partial charge is 0.147 e. The van der Waals surface area contributed by atoms with Gasteiger partial charge >= 0.3 is 0 Å². The van der Waals surface area contributed by atoms with Crippen molar-refractivity contribution in [3.8, 4) is 0 Å². The van der Waals surface area contributed by atoms with E-state index in [1.54, 1.807) is 0 Å². The summed E-state index contributed by atoms with van der Waals surface area (Å²) in [6, 6.07) is 0. The molecule has 1 aliphatic rings. The summed E-state index contributed by atoms with van der Waals surface area (Å²) in [4.78, 5) is 0. The Balaban J connectivity index is 1.96. The predicted molar refractivity (Wildman–Crippen MR) is 60.8 cm³/mol. The number of sulfone groups is 1. The quantitative estimate of drug-likeness (QED) is 0.684. The van der Waals surface area contributed by atoms with E-state index in [0.29, 0.717) is 12.5 Å². The zero-order valence-electron chi connectivity index (χ0n) is 9.37. The SMILES string of the molecule is CS(=O)(=O)CCCNCC1CCCCO1. The lowest BCUT2D eigenvalue weighted by atomic mass is 10.1. The molecule has 0 radical (unpaired) electrons. The van der Waals surface area contributed by atoms with Gasteiger partial charge in [-0.05, 0) is 32.2 Å². The monoisotopic (exact) mass is 235 g/mol. The standard InChI is InChI=1S/C10H21NO3S/c1-15(12,13)8-4-6-11-9-10-5-2-3-7-14-10/h10-11H,2-9H2,1H3. The van der Waals surface area contributed by atoms with Crippen molar-refractivity contribution in [1.82, 2.24) is 5.32 Å². The molecule has 1 unspecified atom stereocenters. The molecule has 1 fully saturated rings. The molecule has 15 heavy (non-hydrogen) atoms. The third kappa shape index (κ3) is 6.87. The molecule has 0 aromatic heterocycles. The molecule has 0 aromatic rings. The molecular formula is C10H21NO3S. The van der Waals surface area contributed by atoms with E-state index in [1.165, 1.54) is 19.1 Å². The van der Waals surface area contributed by atoms with Crippen molar-refractivity contribution in [2.75, 3.05) is 31.7 Å². The first kappa shape index (κ1) is 12.9. The minimum Gasteiger partial charge on any atom is -0.377 e. The average Bonchev–Trinajstić information content (AvgIpc) is 2.17. The Morgan fingerprint density at radius 3 is 2.80 bits per heavy atom. The topological polar surface area (TPSA) is 55.4 Å². The third-order valence-corrected chi connectivity index (χ3v) is 3.54. The Bertz CT molecular complexity index is 258. The fraction of sp³-hybridized carbons (Fsp3) is 1.00. The second kappa shape index (κ2) is 6.45. The van der Waals surface area contributed by atoms with Crippen LogP contribution in [0.2, 0.25) is 0 Å². The number of rotatable bonds is 6. The Labute approximate surface area is 92.3 Å². The number of hydrogen-bond donors (Lipinski definition) is 1. The molecule has 1 aliphatic heterocycles. The lowest BCUT2D eigenvalue weighted by molar-refractivity contribution is 0.0171. The minimum atomic E-state index is -2.80. The molecular weight excluding hydrogens is 214 g/mol. The van der Waals surface area contributed by atoms with E-state index in [0.717, 1.165) is 26.1 Å². The summed E-state index contributed by atoms with van der Waals surface area (Å²) < 4.78 is 27.2. The van der Waals surface area contributed by atoms with E-state index in [2.05, 4.69) is 5.32 Å². The van der Waals surface area contributed by atoms with Gasteiger partial charge in [0.15, 0.2) is 0 Å². The highest BCUT2D eigenvalue weighted by atomic mass is 32.2. The van der Waals surface area contributed by atoms with Crippen molar-refractivity contribution in [3.63, 3.8) is 0 Å². The van der Waals surface area contributed by atoms with Gasteiger partial charge in [0, 0.05) is 19.4 Å². The molecule has 1 atom stereocenters. The molecule has 5 heteroatoms. The van der Waals surface area contributed by atoms with E-state index in [9.17, 15) is 8.42 Å². The van der Waals surface area contributed by atoms with E-state index in [4.69, 9.17) is 4.74 Å². The average molecular weight is 235 g/mol. The van der Waals surface area contributed by atoms with Gasteiger partial charge in [-0.2, -0.15) is 0 Å². The number of hydrogen-bond acceptors (Lipinski definition) is 4. The molecule has 1 heterocycles. The van der Waals surface area contributed by atoms with Gasteiger partial charge in [-0.1, -0.05) is 0 Å². The van der Waals surface area contributed by atoms with E-state index < -0.39 is 9.84 Å². The van der Waals surface area contributed by atoms with Gasteiger partial charge in [0.05, 0.1) is 11.9 Å². The molecule has 0 aromatic carbocycles. The van der Waals surface area contributed by atoms with Crippen molar-refractivity contribution in [1.29, 1.82) is 0 Å². The zero-order valence-corrected chi connectivity index (χ0v) is 10.2. The largest absolute Gasteiger partial charge is 0.377 e. The van der Waals surface area contributed by atoms with Gasteiger partial charge in [-0.25, -0.2) is 8.42 Å². The maximum absolute atomic E-state index is 10.8.